The van der Waals surface area contributed by atoms with Crippen molar-refractivity contribution < 1.29 is 22.0 Å². The Balaban J connectivity index is 2.09. The summed E-state index contributed by atoms with van der Waals surface area (Å²) in [4.78, 5) is 28.6. The van der Waals surface area contributed by atoms with Crippen LogP contribution in [0.3, 0.4) is 0 Å². The Bertz CT molecular complexity index is 1590. The van der Waals surface area contributed by atoms with Crippen molar-refractivity contribution in [2.24, 2.45) is 0 Å². The molecule has 4 aromatic rings. The van der Waals surface area contributed by atoms with E-state index in [9.17, 15) is 26.8 Å². The van der Waals surface area contributed by atoms with E-state index in [0.29, 0.717) is 10.9 Å². The lowest BCUT2D eigenvalue weighted by molar-refractivity contribution is 0.0974. The van der Waals surface area contributed by atoms with Gasteiger partial charge in [-0.05, 0) is 56.3 Å². The number of carbonyl (C=O) groups excluding carboxylic acids is 1. The number of aromatic nitrogens is 2. The van der Waals surface area contributed by atoms with Crippen LogP contribution in [0.25, 0.3) is 22.0 Å². The van der Waals surface area contributed by atoms with E-state index in [0.717, 1.165) is 23.8 Å². The Labute approximate surface area is 194 Å². The third-order valence-corrected chi connectivity index (χ3v) is 6.74. The van der Waals surface area contributed by atoms with Gasteiger partial charge in [0.1, 0.15) is 17.3 Å². The Morgan fingerprint density at radius 1 is 1.12 bits per heavy atom. The van der Waals surface area contributed by atoms with Crippen molar-refractivity contribution in [3.63, 3.8) is 0 Å². The highest BCUT2D eigenvalue weighted by atomic mass is 32.2. The van der Waals surface area contributed by atoms with Crippen LogP contribution in [-0.4, -0.2) is 29.6 Å². The quantitative estimate of drug-likeness (QED) is 0.435. The molecule has 2 aromatic heterocycles. The van der Waals surface area contributed by atoms with Crippen molar-refractivity contribution in [1.82, 2.24) is 14.3 Å². The molecule has 0 saturated heterocycles. The highest BCUT2D eigenvalue weighted by Gasteiger charge is 2.28. The van der Waals surface area contributed by atoms with Gasteiger partial charge < -0.3 is 9.55 Å². The summed E-state index contributed by atoms with van der Waals surface area (Å²) in [6.45, 7) is 2.92. The summed E-state index contributed by atoms with van der Waals surface area (Å²) in [5.74, 6) is -2.69. The minimum absolute atomic E-state index is 0.0432. The molecule has 0 aliphatic heterocycles. The Hall–Kier alpha value is -3.79. The first-order chi connectivity index (χ1) is 16.1. The number of hydrogen-bond acceptors (Lipinski definition) is 4. The summed E-state index contributed by atoms with van der Waals surface area (Å²) < 4.78 is 56.3. The molecule has 2 N–H and O–H groups in total. The van der Waals surface area contributed by atoms with Gasteiger partial charge in [-0.3, -0.25) is 9.59 Å². The number of amides is 1. The lowest BCUT2D eigenvalue weighted by Gasteiger charge is -2.13. The molecule has 0 radical (unpaired) electrons. The predicted molar refractivity (Wildman–Crippen MR) is 125 cm³/mol. The average molecular weight is 486 g/mol. The lowest BCUT2D eigenvalue weighted by Crippen LogP contribution is -2.33. The van der Waals surface area contributed by atoms with Crippen LogP contribution in [0.2, 0.25) is 0 Å². The summed E-state index contributed by atoms with van der Waals surface area (Å²) in [5.41, 5.74) is 0.912. The van der Waals surface area contributed by atoms with Crippen LogP contribution in [0.4, 0.5) is 8.78 Å². The van der Waals surface area contributed by atoms with E-state index in [1.165, 1.54) is 23.8 Å². The summed E-state index contributed by atoms with van der Waals surface area (Å²) in [6, 6.07) is 11.3. The van der Waals surface area contributed by atoms with Gasteiger partial charge in [-0.1, -0.05) is 11.6 Å². The first kappa shape index (κ1) is 23.4. The van der Waals surface area contributed by atoms with Crippen LogP contribution in [0, 0.1) is 18.6 Å². The second-order valence-electron chi connectivity index (χ2n) is 7.81. The van der Waals surface area contributed by atoms with Gasteiger partial charge in [0.2, 0.25) is 10.0 Å². The number of carbonyl (C=O) groups is 1. The number of H-pyrrole nitrogens is 1. The fourth-order valence-corrected chi connectivity index (χ4v) is 4.38. The third kappa shape index (κ3) is 4.36. The normalized spacial score (nSPS) is 11.6. The summed E-state index contributed by atoms with van der Waals surface area (Å²) in [7, 11) is -3.96. The van der Waals surface area contributed by atoms with Crippen LogP contribution >= 0.6 is 0 Å². The Morgan fingerprint density at radius 2 is 1.88 bits per heavy atom. The molecule has 0 bridgehead atoms. The minimum Gasteiger partial charge on any atom is -0.331 e. The van der Waals surface area contributed by atoms with Crippen molar-refractivity contribution in [2.75, 3.05) is 5.75 Å². The summed E-state index contributed by atoms with van der Waals surface area (Å²) >= 11 is 0. The number of pyridine rings is 1. The van der Waals surface area contributed by atoms with E-state index in [-0.39, 0.29) is 34.7 Å². The van der Waals surface area contributed by atoms with Crippen molar-refractivity contribution >= 4 is 26.8 Å². The topological polar surface area (TPSA) is 101 Å². The van der Waals surface area contributed by atoms with E-state index in [1.54, 1.807) is 24.3 Å². The second kappa shape index (κ2) is 8.86. The molecule has 0 atom stereocenters. The van der Waals surface area contributed by atoms with E-state index < -0.39 is 33.1 Å². The van der Waals surface area contributed by atoms with E-state index >= 15 is 0 Å². The molecule has 4 rings (SSSR count). The van der Waals surface area contributed by atoms with Gasteiger partial charge in [0.05, 0.1) is 12.3 Å². The van der Waals surface area contributed by atoms with Crippen LogP contribution < -0.4 is 10.3 Å². The number of hydrogen-bond donors (Lipinski definition) is 2. The molecule has 0 saturated carbocycles. The fraction of sp³-hybridized carbons (Fsp3) is 0.167. The average Bonchev–Trinajstić information content (AvgIpc) is 3.09. The van der Waals surface area contributed by atoms with Gasteiger partial charge in [-0.2, -0.15) is 0 Å². The van der Waals surface area contributed by atoms with Gasteiger partial charge in [0.25, 0.3) is 11.5 Å². The number of rotatable bonds is 6. The third-order valence-electron chi connectivity index (χ3n) is 5.49. The maximum atomic E-state index is 14.5. The molecule has 2 heterocycles. The van der Waals surface area contributed by atoms with E-state index in [1.807, 2.05) is 11.6 Å². The van der Waals surface area contributed by atoms with E-state index in [2.05, 4.69) is 4.98 Å². The smallest absolute Gasteiger partial charge is 0.282 e. The molecule has 34 heavy (non-hydrogen) atoms. The highest BCUT2D eigenvalue weighted by Crippen LogP contribution is 2.35. The van der Waals surface area contributed by atoms with Crippen molar-refractivity contribution in [3.8, 4) is 11.1 Å². The molecule has 176 valence electrons. The van der Waals surface area contributed by atoms with Gasteiger partial charge >= 0.3 is 0 Å². The van der Waals surface area contributed by atoms with Gasteiger partial charge in [0, 0.05) is 33.8 Å². The molecule has 2 aromatic carbocycles. The maximum Gasteiger partial charge on any atom is 0.282 e. The SMILES string of the molecule is CCS(=O)(=O)NC(=O)c1c(-c2ccc[nH]c2=O)c2cc(C)ccc2n1Cc1cc(F)ccc1F. The number of nitrogens with zero attached hydrogens (tertiary/aromatic N) is 1. The molecule has 0 unspecified atom stereocenters. The van der Waals surface area contributed by atoms with Crippen LogP contribution in [-0.2, 0) is 16.6 Å². The molecule has 0 fully saturated rings. The number of aryl methyl sites for hydroxylation is 1. The number of sulfonamides is 1. The molecule has 1 amide bonds. The van der Waals surface area contributed by atoms with Crippen molar-refractivity contribution in [3.05, 3.63) is 93.5 Å². The standard InChI is InChI=1S/C24H21F2N3O4S/c1-3-34(32,33)28-24(31)22-21(17-5-4-10-27-23(17)30)18-11-14(2)6-9-20(18)29(22)13-15-12-16(25)7-8-19(15)26/h4-12H,3,13H2,1-2H3,(H,27,30)(H,28,31). The van der Waals surface area contributed by atoms with Gasteiger partial charge in [0.15, 0.2) is 0 Å². The summed E-state index contributed by atoms with van der Waals surface area (Å²) in [5, 5.41) is 0.493. The number of fused-ring (bicyclic) bond motifs is 1. The zero-order valence-electron chi connectivity index (χ0n) is 18.4. The molecular weight excluding hydrogens is 464 g/mol. The number of aromatic amines is 1. The predicted octanol–water partition coefficient (Wildman–Crippen LogP) is 3.71. The molecular formula is C24H21F2N3O4S. The molecule has 0 spiro atoms. The fourth-order valence-electron chi connectivity index (χ4n) is 3.86. The lowest BCUT2D eigenvalue weighted by atomic mass is 10.0. The van der Waals surface area contributed by atoms with Crippen LogP contribution in [0.5, 0.6) is 0 Å². The summed E-state index contributed by atoms with van der Waals surface area (Å²) in [6.07, 6.45) is 1.43. The van der Waals surface area contributed by atoms with Crippen LogP contribution in [0.1, 0.15) is 28.5 Å². The molecule has 10 heteroatoms. The Morgan fingerprint density at radius 3 is 2.59 bits per heavy atom. The Kier molecular flexibility index (Phi) is 6.09. The number of benzene rings is 2. The van der Waals surface area contributed by atoms with E-state index in [4.69, 9.17) is 0 Å². The maximum absolute atomic E-state index is 14.5. The minimum atomic E-state index is -3.96. The van der Waals surface area contributed by atoms with Crippen molar-refractivity contribution in [2.45, 2.75) is 20.4 Å². The van der Waals surface area contributed by atoms with Gasteiger partial charge in [-0.25, -0.2) is 21.9 Å². The highest BCUT2D eigenvalue weighted by molar-refractivity contribution is 7.90. The van der Waals surface area contributed by atoms with Gasteiger partial charge in [-0.15, -0.1) is 0 Å². The van der Waals surface area contributed by atoms with Crippen LogP contribution in [0.15, 0.2) is 59.5 Å². The zero-order chi connectivity index (χ0) is 24.6. The molecule has 0 aliphatic rings. The molecule has 0 aliphatic carbocycles. The number of halogens is 2. The van der Waals surface area contributed by atoms with Crippen molar-refractivity contribution in [1.29, 1.82) is 0 Å². The molecule has 7 nitrogen and oxygen atoms in total. The first-order valence-corrected chi connectivity index (χ1v) is 12.1. The first-order valence-electron chi connectivity index (χ1n) is 10.4. The number of nitrogens with one attached hydrogen (secondary N) is 2. The second-order valence-corrected chi connectivity index (χ2v) is 9.82. The monoisotopic (exact) mass is 485 g/mol. The zero-order valence-corrected chi connectivity index (χ0v) is 19.2. The largest absolute Gasteiger partial charge is 0.331 e.